The zero-order valence-electron chi connectivity index (χ0n) is 12.9. The van der Waals surface area contributed by atoms with Crippen LogP contribution in [0.4, 0.5) is 0 Å². The molecule has 0 radical (unpaired) electrons. The number of benzene rings is 1. The van der Waals surface area contributed by atoms with Crippen molar-refractivity contribution in [1.29, 1.82) is 0 Å². The molecule has 2 saturated heterocycles. The molecule has 0 N–H and O–H groups in total. The number of fused-ring (bicyclic) bond motifs is 1. The zero-order chi connectivity index (χ0) is 15.7. The van der Waals surface area contributed by atoms with Crippen molar-refractivity contribution >= 4 is 5.97 Å². The predicted octanol–water partition coefficient (Wildman–Crippen LogP) is 2.43. The molecule has 0 saturated carbocycles. The van der Waals surface area contributed by atoms with Crippen LogP contribution in [0.25, 0.3) is 0 Å². The molecule has 6 nitrogen and oxygen atoms in total. The highest BCUT2D eigenvalue weighted by atomic mass is 17.2. The van der Waals surface area contributed by atoms with Crippen molar-refractivity contribution in [3.8, 4) is 0 Å². The van der Waals surface area contributed by atoms with Gasteiger partial charge < -0.3 is 14.2 Å². The minimum Gasteiger partial charge on any atom is -0.343 e. The fourth-order valence-electron chi connectivity index (χ4n) is 2.71. The molecule has 2 heterocycles. The highest BCUT2D eigenvalue weighted by Crippen LogP contribution is 2.39. The Hall–Kier alpha value is -1.47. The maximum absolute atomic E-state index is 12.0. The molecule has 0 aromatic heterocycles. The average molecular weight is 308 g/mol. The van der Waals surface area contributed by atoms with E-state index in [0.29, 0.717) is 12.0 Å². The molecule has 0 bridgehead atoms. The van der Waals surface area contributed by atoms with Gasteiger partial charge in [-0.15, -0.1) is 0 Å². The van der Waals surface area contributed by atoms with Gasteiger partial charge in [-0.2, -0.15) is 4.89 Å². The van der Waals surface area contributed by atoms with E-state index in [0.717, 1.165) is 0 Å². The lowest BCUT2D eigenvalue weighted by Gasteiger charge is -2.24. The van der Waals surface area contributed by atoms with Gasteiger partial charge in [0.2, 0.25) is 0 Å². The Morgan fingerprint density at radius 2 is 1.95 bits per heavy atom. The summed E-state index contributed by atoms with van der Waals surface area (Å²) >= 11 is 0. The topological polar surface area (TPSA) is 63.2 Å². The summed E-state index contributed by atoms with van der Waals surface area (Å²) in [5, 5.41) is 0. The van der Waals surface area contributed by atoms with Crippen molar-refractivity contribution in [3.05, 3.63) is 35.9 Å². The van der Waals surface area contributed by atoms with Crippen LogP contribution in [0.5, 0.6) is 0 Å². The standard InChI is InChI=1S/C16H20O6/c1-4-11-12(13-15(18-11)20-16(2,3)19-13)21-22-14(17)10-8-6-5-7-9-10/h5-9,11-13,15H,4H2,1-3H3/t11-,12+,13-,15?/m1/s1. The minimum absolute atomic E-state index is 0.241. The molecule has 22 heavy (non-hydrogen) atoms. The Morgan fingerprint density at radius 1 is 1.23 bits per heavy atom. The lowest BCUT2D eigenvalue weighted by atomic mass is 10.1. The van der Waals surface area contributed by atoms with E-state index in [-0.39, 0.29) is 6.10 Å². The average Bonchev–Trinajstić information content (AvgIpc) is 2.97. The number of ether oxygens (including phenoxy) is 3. The number of hydrogen-bond donors (Lipinski definition) is 0. The Balaban J connectivity index is 1.64. The second kappa shape index (κ2) is 5.96. The van der Waals surface area contributed by atoms with Gasteiger partial charge in [0.15, 0.2) is 18.2 Å². The molecule has 1 unspecified atom stereocenters. The summed E-state index contributed by atoms with van der Waals surface area (Å²) in [6.45, 7) is 5.58. The Morgan fingerprint density at radius 3 is 2.64 bits per heavy atom. The van der Waals surface area contributed by atoms with Crippen LogP contribution < -0.4 is 0 Å². The van der Waals surface area contributed by atoms with Crippen molar-refractivity contribution in [3.63, 3.8) is 0 Å². The van der Waals surface area contributed by atoms with Crippen molar-refractivity contribution in [2.24, 2.45) is 0 Å². The zero-order valence-corrected chi connectivity index (χ0v) is 12.9. The van der Waals surface area contributed by atoms with Crippen LogP contribution in [0.15, 0.2) is 30.3 Å². The summed E-state index contributed by atoms with van der Waals surface area (Å²) in [5.41, 5.74) is 0.426. The Labute approximate surface area is 129 Å². The molecule has 2 fully saturated rings. The van der Waals surface area contributed by atoms with Crippen LogP contribution in [0.3, 0.4) is 0 Å². The van der Waals surface area contributed by atoms with Crippen LogP contribution in [0.1, 0.15) is 37.6 Å². The molecule has 2 aliphatic heterocycles. The first-order valence-corrected chi connectivity index (χ1v) is 7.44. The summed E-state index contributed by atoms with van der Waals surface area (Å²) in [6, 6.07) is 8.67. The van der Waals surface area contributed by atoms with Crippen molar-refractivity contribution < 1.29 is 28.8 Å². The third-order valence-corrected chi connectivity index (χ3v) is 3.73. The van der Waals surface area contributed by atoms with Crippen molar-refractivity contribution in [2.75, 3.05) is 0 Å². The molecule has 4 atom stereocenters. The van der Waals surface area contributed by atoms with Crippen LogP contribution in [-0.4, -0.2) is 36.4 Å². The van der Waals surface area contributed by atoms with Crippen LogP contribution in [0, 0.1) is 0 Å². The number of carbonyl (C=O) groups is 1. The lowest BCUT2D eigenvalue weighted by molar-refractivity contribution is -0.307. The molecule has 0 spiro atoms. The summed E-state index contributed by atoms with van der Waals surface area (Å²) in [6.07, 6.45) is -0.962. The molecule has 6 heteroatoms. The van der Waals surface area contributed by atoms with Gasteiger partial charge in [-0.3, -0.25) is 4.89 Å². The Bertz CT molecular complexity index is 529. The highest BCUT2D eigenvalue weighted by molar-refractivity contribution is 5.88. The second-order valence-corrected chi connectivity index (χ2v) is 5.85. The van der Waals surface area contributed by atoms with E-state index in [1.165, 1.54) is 0 Å². The fraction of sp³-hybridized carbons (Fsp3) is 0.562. The first-order valence-electron chi connectivity index (χ1n) is 7.44. The van der Waals surface area contributed by atoms with Gasteiger partial charge in [0.1, 0.15) is 6.10 Å². The van der Waals surface area contributed by atoms with E-state index < -0.39 is 30.3 Å². The van der Waals surface area contributed by atoms with Crippen LogP contribution in [0.2, 0.25) is 0 Å². The largest absolute Gasteiger partial charge is 0.373 e. The second-order valence-electron chi connectivity index (χ2n) is 5.85. The van der Waals surface area contributed by atoms with E-state index in [1.807, 2.05) is 26.8 Å². The predicted molar refractivity (Wildman–Crippen MR) is 75.7 cm³/mol. The van der Waals surface area contributed by atoms with Gasteiger partial charge in [-0.25, -0.2) is 4.79 Å². The maximum atomic E-state index is 12.0. The fourth-order valence-corrected chi connectivity index (χ4v) is 2.71. The summed E-state index contributed by atoms with van der Waals surface area (Å²) in [7, 11) is 0. The van der Waals surface area contributed by atoms with E-state index in [1.54, 1.807) is 24.3 Å². The van der Waals surface area contributed by atoms with E-state index in [4.69, 9.17) is 24.0 Å². The van der Waals surface area contributed by atoms with Gasteiger partial charge in [0, 0.05) is 0 Å². The molecule has 2 aliphatic rings. The van der Waals surface area contributed by atoms with Gasteiger partial charge in [-0.05, 0) is 32.4 Å². The quantitative estimate of drug-likeness (QED) is 0.629. The maximum Gasteiger partial charge on any atom is 0.373 e. The van der Waals surface area contributed by atoms with Crippen molar-refractivity contribution in [2.45, 2.75) is 57.6 Å². The molecule has 1 aromatic rings. The molecule has 0 aliphatic carbocycles. The van der Waals surface area contributed by atoms with Gasteiger partial charge in [0.25, 0.3) is 0 Å². The number of hydrogen-bond acceptors (Lipinski definition) is 6. The molecular formula is C16H20O6. The van der Waals surface area contributed by atoms with Crippen molar-refractivity contribution in [1.82, 2.24) is 0 Å². The van der Waals surface area contributed by atoms with E-state index >= 15 is 0 Å². The third kappa shape index (κ3) is 3.01. The van der Waals surface area contributed by atoms with E-state index in [9.17, 15) is 4.79 Å². The molecule has 3 rings (SSSR count). The third-order valence-electron chi connectivity index (χ3n) is 3.73. The van der Waals surface area contributed by atoms with Gasteiger partial charge >= 0.3 is 5.97 Å². The van der Waals surface area contributed by atoms with E-state index in [2.05, 4.69) is 0 Å². The summed E-state index contributed by atoms with van der Waals surface area (Å²) in [5.74, 6) is -1.28. The summed E-state index contributed by atoms with van der Waals surface area (Å²) in [4.78, 5) is 22.3. The SMILES string of the molecule is CC[C@H]1OC2OC(C)(C)O[C@@H]2[C@H]1OOC(=O)c1ccccc1. The summed E-state index contributed by atoms with van der Waals surface area (Å²) < 4.78 is 17.2. The number of carbonyl (C=O) groups excluding carboxylic acids is 1. The highest BCUT2D eigenvalue weighted by Gasteiger charge is 2.56. The Kier molecular flexibility index (Phi) is 4.18. The first-order chi connectivity index (χ1) is 10.5. The van der Waals surface area contributed by atoms with Gasteiger partial charge in [0.05, 0.1) is 11.7 Å². The molecule has 120 valence electrons. The molecule has 0 amide bonds. The van der Waals surface area contributed by atoms with Crippen LogP contribution in [-0.2, 0) is 24.0 Å². The minimum atomic E-state index is -0.737. The first kappa shape index (κ1) is 15.4. The van der Waals surface area contributed by atoms with Crippen LogP contribution >= 0.6 is 0 Å². The number of rotatable bonds is 4. The monoisotopic (exact) mass is 308 g/mol. The van der Waals surface area contributed by atoms with Gasteiger partial charge in [-0.1, -0.05) is 25.1 Å². The smallest absolute Gasteiger partial charge is 0.343 e. The molecule has 1 aromatic carbocycles. The normalized spacial score (nSPS) is 32.7. The lowest BCUT2D eigenvalue weighted by Crippen LogP contribution is -2.37. The molecular weight excluding hydrogens is 288 g/mol.